The van der Waals surface area contributed by atoms with Crippen molar-refractivity contribution in [3.8, 4) is 6.07 Å². The first-order valence-corrected chi connectivity index (χ1v) is 2.91. The molecule has 0 heterocycles. The molecular weight excluding hydrogens is 116 g/mol. The van der Waals surface area contributed by atoms with E-state index in [0.29, 0.717) is 0 Å². The third kappa shape index (κ3) is 3.53. The third-order valence-corrected chi connectivity index (χ3v) is 1.09. The summed E-state index contributed by atoms with van der Waals surface area (Å²) in [5.41, 5.74) is 0. The number of rotatable bonds is 2. The van der Waals surface area contributed by atoms with Gasteiger partial charge >= 0.3 is 5.91 Å². The van der Waals surface area contributed by atoms with Gasteiger partial charge in [0.2, 0.25) is 0 Å². The van der Waals surface area contributed by atoms with Gasteiger partial charge in [0.1, 0.15) is 0 Å². The Bertz CT molecular complexity index is 136. The molecule has 0 aliphatic heterocycles. The fourth-order valence-electron chi connectivity index (χ4n) is 0.358. The van der Waals surface area contributed by atoms with Crippen LogP contribution in [0.5, 0.6) is 0 Å². The molecule has 1 unspecified atom stereocenters. The van der Waals surface area contributed by atoms with Crippen molar-refractivity contribution < 1.29 is 4.79 Å². The van der Waals surface area contributed by atoms with E-state index in [2.05, 4.69) is 5.32 Å². The Morgan fingerprint density at radius 3 is 2.78 bits per heavy atom. The van der Waals surface area contributed by atoms with Crippen LogP contribution >= 0.6 is 0 Å². The second-order valence-electron chi connectivity index (χ2n) is 1.89. The lowest BCUT2D eigenvalue weighted by Crippen LogP contribution is -2.30. The van der Waals surface area contributed by atoms with Crippen LogP contribution in [0.25, 0.3) is 0 Å². The van der Waals surface area contributed by atoms with Crippen molar-refractivity contribution in [3.05, 3.63) is 0 Å². The molecule has 1 amide bonds. The molecule has 0 saturated heterocycles. The third-order valence-electron chi connectivity index (χ3n) is 1.09. The molecule has 0 aromatic carbocycles. The molecule has 0 aromatic rings. The summed E-state index contributed by atoms with van der Waals surface area (Å²) in [6, 6.07) is 1.59. The van der Waals surface area contributed by atoms with Gasteiger partial charge in [-0.15, -0.1) is 0 Å². The van der Waals surface area contributed by atoms with Gasteiger partial charge in [0.25, 0.3) is 0 Å². The van der Waals surface area contributed by atoms with Crippen molar-refractivity contribution in [3.63, 3.8) is 0 Å². The Labute approximate surface area is 54.7 Å². The van der Waals surface area contributed by atoms with E-state index in [9.17, 15) is 4.79 Å². The molecule has 1 N–H and O–H groups in total. The zero-order chi connectivity index (χ0) is 7.28. The zero-order valence-corrected chi connectivity index (χ0v) is 5.64. The highest BCUT2D eigenvalue weighted by molar-refractivity contribution is 5.91. The highest BCUT2D eigenvalue weighted by Crippen LogP contribution is 1.85. The molecule has 9 heavy (non-hydrogen) atoms. The summed E-state index contributed by atoms with van der Waals surface area (Å²) in [5, 5.41) is 10.5. The Morgan fingerprint density at radius 2 is 2.44 bits per heavy atom. The van der Waals surface area contributed by atoms with Crippen molar-refractivity contribution in [1.29, 1.82) is 5.26 Å². The van der Waals surface area contributed by atoms with Crippen molar-refractivity contribution in [2.75, 3.05) is 0 Å². The summed E-state index contributed by atoms with van der Waals surface area (Å²) in [7, 11) is 0. The van der Waals surface area contributed by atoms with Crippen LogP contribution in [0.1, 0.15) is 20.3 Å². The van der Waals surface area contributed by atoms with Gasteiger partial charge in [-0.3, -0.25) is 4.79 Å². The maximum absolute atomic E-state index is 10.3. The number of hydrogen-bond acceptors (Lipinski definition) is 2. The van der Waals surface area contributed by atoms with Crippen LogP contribution in [-0.4, -0.2) is 11.9 Å². The van der Waals surface area contributed by atoms with Gasteiger partial charge < -0.3 is 5.32 Å². The van der Waals surface area contributed by atoms with E-state index in [1.165, 1.54) is 6.07 Å². The van der Waals surface area contributed by atoms with Gasteiger partial charge in [-0.1, -0.05) is 6.92 Å². The second-order valence-corrected chi connectivity index (χ2v) is 1.89. The van der Waals surface area contributed by atoms with E-state index < -0.39 is 5.91 Å². The minimum Gasteiger partial charge on any atom is -0.341 e. The summed E-state index contributed by atoms with van der Waals surface area (Å²) in [6.07, 6.45) is 0.855. The molecular formula is C6H10N2O. The summed E-state index contributed by atoms with van der Waals surface area (Å²) in [6.45, 7) is 3.80. The smallest absolute Gasteiger partial charge is 0.322 e. The van der Waals surface area contributed by atoms with E-state index in [1.807, 2.05) is 13.8 Å². The standard InChI is InChI=1S/C6H10N2O/c1-3-5(2)8-6(9)4-7/h5H,3H2,1-2H3,(H,8,9). The lowest BCUT2D eigenvalue weighted by molar-refractivity contribution is -0.116. The lowest BCUT2D eigenvalue weighted by atomic mass is 10.3. The number of carbonyl (C=O) groups is 1. The summed E-state index contributed by atoms with van der Waals surface area (Å²) in [4.78, 5) is 10.3. The molecule has 0 bridgehead atoms. The monoisotopic (exact) mass is 126 g/mol. The largest absolute Gasteiger partial charge is 0.341 e. The second kappa shape index (κ2) is 3.90. The molecule has 0 aliphatic carbocycles. The van der Waals surface area contributed by atoms with E-state index in [4.69, 9.17) is 5.26 Å². The number of hydrogen-bond donors (Lipinski definition) is 1. The lowest BCUT2D eigenvalue weighted by Gasteiger charge is -2.05. The van der Waals surface area contributed by atoms with E-state index in [-0.39, 0.29) is 6.04 Å². The number of nitrogens with one attached hydrogen (secondary N) is 1. The highest BCUT2D eigenvalue weighted by Gasteiger charge is 2.01. The summed E-state index contributed by atoms with van der Waals surface area (Å²) < 4.78 is 0. The van der Waals surface area contributed by atoms with E-state index in [1.54, 1.807) is 0 Å². The molecule has 0 radical (unpaired) electrons. The Kier molecular flexibility index (Phi) is 3.45. The average Bonchev–Trinajstić information content (AvgIpc) is 1.87. The quantitative estimate of drug-likeness (QED) is 0.545. The van der Waals surface area contributed by atoms with Crippen LogP contribution in [-0.2, 0) is 4.79 Å². The fourth-order valence-corrected chi connectivity index (χ4v) is 0.358. The van der Waals surface area contributed by atoms with Crippen LogP contribution in [0, 0.1) is 11.3 Å². The van der Waals surface area contributed by atoms with E-state index >= 15 is 0 Å². The Morgan fingerprint density at radius 1 is 1.89 bits per heavy atom. The van der Waals surface area contributed by atoms with Gasteiger partial charge in [-0.2, -0.15) is 5.26 Å². The van der Waals surface area contributed by atoms with Gasteiger partial charge in [-0.05, 0) is 13.3 Å². The Balaban J connectivity index is 3.50. The number of amides is 1. The molecule has 50 valence electrons. The minimum atomic E-state index is -0.552. The molecule has 3 nitrogen and oxygen atoms in total. The van der Waals surface area contributed by atoms with Gasteiger partial charge in [0.15, 0.2) is 6.07 Å². The maximum Gasteiger partial charge on any atom is 0.322 e. The first-order chi connectivity index (χ1) is 4.20. The maximum atomic E-state index is 10.3. The number of carbonyl (C=O) groups excluding carboxylic acids is 1. The fraction of sp³-hybridized carbons (Fsp3) is 0.667. The minimum absolute atomic E-state index is 0.108. The van der Waals surface area contributed by atoms with Gasteiger partial charge in [0.05, 0.1) is 0 Å². The van der Waals surface area contributed by atoms with Crippen LogP contribution in [0.4, 0.5) is 0 Å². The summed E-state index contributed by atoms with van der Waals surface area (Å²) >= 11 is 0. The molecule has 0 spiro atoms. The highest BCUT2D eigenvalue weighted by atomic mass is 16.1. The van der Waals surface area contributed by atoms with Crippen LogP contribution < -0.4 is 5.32 Å². The number of nitriles is 1. The van der Waals surface area contributed by atoms with Crippen molar-refractivity contribution in [1.82, 2.24) is 5.32 Å². The van der Waals surface area contributed by atoms with Crippen LogP contribution in [0.15, 0.2) is 0 Å². The molecule has 0 aromatic heterocycles. The predicted molar refractivity (Wildman–Crippen MR) is 33.5 cm³/mol. The first kappa shape index (κ1) is 7.96. The van der Waals surface area contributed by atoms with Crippen LogP contribution in [0.3, 0.4) is 0 Å². The molecule has 0 aliphatic rings. The predicted octanol–water partition coefficient (Wildman–Crippen LogP) is 0.425. The number of nitrogens with zero attached hydrogens (tertiary/aromatic N) is 1. The average molecular weight is 126 g/mol. The normalized spacial score (nSPS) is 11.7. The summed E-state index contributed by atoms with van der Waals surface area (Å²) in [5.74, 6) is -0.552. The van der Waals surface area contributed by atoms with Crippen molar-refractivity contribution in [2.45, 2.75) is 26.3 Å². The topological polar surface area (TPSA) is 52.9 Å². The van der Waals surface area contributed by atoms with Crippen molar-refractivity contribution in [2.24, 2.45) is 0 Å². The van der Waals surface area contributed by atoms with Crippen molar-refractivity contribution >= 4 is 5.91 Å². The molecule has 0 rings (SSSR count). The van der Waals surface area contributed by atoms with E-state index in [0.717, 1.165) is 6.42 Å². The zero-order valence-electron chi connectivity index (χ0n) is 5.64. The van der Waals surface area contributed by atoms with Gasteiger partial charge in [-0.25, -0.2) is 0 Å². The molecule has 0 fully saturated rings. The SMILES string of the molecule is CCC(C)NC(=O)C#N. The Hall–Kier alpha value is -1.04. The van der Waals surface area contributed by atoms with Crippen LogP contribution in [0.2, 0.25) is 0 Å². The first-order valence-electron chi connectivity index (χ1n) is 2.91. The molecule has 1 atom stereocenters. The molecule has 3 heteroatoms. The van der Waals surface area contributed by atoms with Gasteiger partial charge in [0, 0.05) is 6.04 Å². The molecule has 0 saturated carbocycles.